The summed E-state index contributed by atoms with van der Waals surface area (Å²) in [5.41, 5.74) is 6.52. The monoisotopic (exact) mass is 268 g/mol. The summed E-state index contributed by atoms with van der Waals surface area (Å²) in [7, 11) is 1.29. The van der Waals surface area contributed by atoms with Crippen LogP contribution in [0.2, 0.25) is 0 Å². The van der Waals surface area contributed by atoms with Crippen LogP contribution in [0.1, 0.15) is 10.4 Å². The van der Waals surface area contributed by atoms with Crippen LogP contribution in [0.3, 0.4) is 0 Å². The van der Waals surface area contributed by atoms with Gasteiger partial charge in [0.15, 0.2) is 0 Å². The molecule has 3 N–H and O–H groups in total. The predicted octanol–water partition coefficient (Wildman–Crippen LogP) is 0.903. The molecule has 1 amide bonds. The van der Waals surface area contributed by atoms with Gasteiger partial charge in [-0.3, -0.25) is 4.79 Å². The first-order chi connectivity index (χ1) is 8.58. The predicted molar refractivity (Wildman–Crippen MR) is 72.5 cm³/mol. The van der Waals surface area contributed by atoms with Gasteiger partial charge in [0.25, 0.3) is 5.91 Å². The highest BCUT2D eigenvalue weighted by atomic mass is 32.2. The van der Waals surface area contributed by atoms with Gasteiger partial charge in [0.05, 0.1) is 7.11 Å². The summed E-state index contributed by atoms with van der Waals surface area (Å²) in [5.74, 6) is -0.339. The summed E-state index contributed by atoms with van der Waals surface area (Å²) in [6.45, 7) is 0. The van der Waals surface area contributed by atoms with Crippen molar-refractivity contribution < 1.29 is 14.3 Å². The van der Waals surface area contributed by atoms with Crippen LogP contribution in [0.25, 0.3) is 0 Å². The second-order valence-electron chi connectivity index (χ2n) is 3.63. The number of hydrogen-bond acceptors (Lipinski definition) is 5. The number of thioether (sulfide) groups is 1. The number of anilines is 1. The highest BCUT2D eigenvalue weighted by Crippen LogP contribution is 2.07. The maximum atomic E-state index is 11.9. The zero-order valence-corrected chi connectivity index (χ0v) is 11.1. The molecular formula is C12H16N2O3S. The average molecular weight is 268 g/mol. The Bertz CT molecular complexity index is 437. The highest BCUT2D eigenvalue weighted by Gasteiger charge is 2.21. The van der Waals surface area contributed by atoms with Gasteiger partial charge in [-0.05, 0) is 24.5 Å². The second-order valence-corrected chi connectivity index (χ2v) is 4.54. The zero-order chi connectivity index (χ0) is 13.5. The highest BCUT2D eigenvalue weighted by molar-refractivity contribution is 7.98. The number of ether oxygens (including phenoxy) is 1. The Labute approximate surface area is 110 Å². The lowest BCUT2D eigenvalue weighted by Gasteiger charge is -2.15. The minimum atomic E-state index is -0.654. The summed E-state index contributed by atoms with van der Waals surface area (Å²) >= 11 is 1.45. The van der Waals surface area contributed by atoms with Crippen LogP contribution in [0, 0.1) is 0 Å². The standard InChI is InChI=1S/C12H16N2O3S/c1-17-12(16)10(7-18-2)14-11(15)8-4-3-5-9(13)6-8/h3-6,10H,7,13H2,1-2H3,(H,14,15)/t10-/m0/s1. The van der Waals surface area contributed by atoms with Crippen molar-refractivity contribution in [1.29, 1.82) is 0 Å². The van der Waals surface area contributed by atoms with Crippen molar-refractivity contribution >= 4 is 29.3 Å². The number of esters is 1. The number of nitrogens with two attached hydrogens (primary N) is 1. The van der Waals surface area contributed by atoms with Crippen molar-refractivity contribution in [3.05, 3.63) is 29.8 Å². The van der Waals surface area contributed by atoms with E-state index in [1.807, 2.05) is 6.26 Å². The molecule has 1 aromatic carbocycles. The van der Waals surface area contributed by atoms with Crippen LogP contribution in [0.4, 0.5) is 5.69 Å². The van der Waals surface area contributed by atoms with Gasteiger partial charge in [0, 0.05) is 17.0 Å². The molecule has 18 heavy (non-hydrogen) atoms. The molecule has 0 heterocycles. The van der Waals surface area contributed by atoms with Gasteiger partial charge in [-0.25, -0.2) is 4.79 Å². The summed E-state index contributed by atoms with van der Waals surface area (Å²) in [6, 6.07) is 5.92. The fraction of sp³-hybridized carbons (Fsp3) is 0.333. The van der Waals surface area contributed by atoms with Gasteiger partial charge in [-0.15, -0.1) is 0 Å². The molecule has 98 valence electrons. The SMILES string of the molecule is COC(=O)[C@H](CSC)NC(=O)c1cccc(N)c1. The molecule has 1 atom stereocenters. The lowest BCUT2D eigenvalue weighted by Crippen LogP contribution is -2.43. The van der Waals surface area contributed by atoms with Crippen LogP contribution in [0.5, 0.6) is 0 Å². The lowest BCUT2D eigenvalue weighted by atomic mass is 10.2. The van der Waals surface area contributed by atoms with Crippen LogP contribution < -0.4 is 11.1 Å². The van der Waals surface area contributed by atoms with Crippen molar-refractivity contribution in [2.24, 2.45) is 0 Å². The lowest BCUT2D eigenvalue weighted by molar-refractivity contribution is -0.142. The van der Waals surface area contributed by atoms with E-state index in [1.54, 1.807) is 24.3 Å². The Balaban J connectivity index is 2.75. The number of nitrogen functional groups attached to an aromatic ring is 1. The number of methoxy groups -OCH3 is 1. The average Bonchev–Trinajstić information content (AvgIpc) is 2.37. The Kier molecular flexibility index (Phi) is 5.51. The minimum absolute atomic E-state index is 0.341. The van der Waals surface area contributed by atoms with E-state index in [1.165, 1.54) is 18.9 Å². The van der Waals surface area contributed by atoms with E-state index in [4.69, 9.17) is 5.73 Å². The second kappa shape index (κ2) is 6.90. The fourth-order valence-corrected chi connectivity index (χ4v) is 1.95. The number of nitrogens with one attached hydrogen (secondary N) is 1. The van der Waals surface area contributed by atoms with Crippen LogP contribution in [-0.4, -0.2) is 37.0 Å². The minimum Gasteiger partial charge on any atom is -0.467 e. The smallest absolute Gasteiger partial charge is 0.329 e. The normalized spacial score (nSPS) is 11.7. The molecule has 6 heteroatoms. The number of rotatable bonds is 5. The first-order valence-electron chi connectivity index (χ1n) is 5.31. The number of carbonyl (C=O) groups excluding carboxylic acids is 2. The maximum absolute atomic E-state index is 11.9. The van der Waals surface area contributed by atoms with Crippen LogP contribution >= 0.6 is 11.8 Å². The quantitative estimate of drug-likeness (QED) is 0.612. The molecule has 0 aliphatic rings. The Hall–Kier alpha value is -1.69. The summed E-state index contributed by atoms with van der Waals surface area (Å²) in [4.78, 5) is 23.4. The number of amides is 1. The van der Waals surface area contributed by atoms with E-state index < -0.39 is 12.0 Å². The van der Waals surface area contributed by atoms with Crippen molar-refractivity contribution in [2.75, 3.05) is 24.9 Å². The summed E-state index contributed by atoms with van der Waals surface area (Å²) < 4.78 is 4.63. The first-order valence-corrected chi connectivity index (χ1v) is 6.71. The number of hydrogen-bond donors (Lipinski definition) is 2. The van der Waals surface area contributed by atoms with E-state index >= 15 is 0 Å². The molecular weight excluding hydrogens is 252 g/mol. The third-order valence-corrected chi connectivity index (χ3v) is 2.94. The molecule has 0 unspecified atom stereocenters. The summed E-state index contributed by atoms with van der Waals surface area (Å²) in [6.07, 6.45) is 1.85. The van der Waals surface area contributed by atoms with E-state index in [0.717, 1.165) is 0 Å². The largest absolute Gasteiger partial charge is 0.467 e. The molecule has 0 aromatic heterocycles. The van der Waals surface area contributed by atoms with Crippen molar-refractivity contribution in [3.8, 4) is 0 Å². The third kappa shape index (κ3) is 3.96. The fourth-order valence-electron chi connectivity index (χ4n) is 1.40. The molecule has 0 spiro atoms. The molecule has 5 nitrogen and oxygen atoms in total. The first kappa shape index (κ1) is 14.4. The van der Waals surface area contributed by atoms with E-state index in [2.05, 4.69) is 10.1 Å². The van der Waals surface area contributed by atoms with Gasteiger partial charge in [-0.2, -0.15) is 11.8 Å². The van der Waals surface area contributed by atoms with Crippen molar-refractivity contribution in [1.82, 2.24) is 5.32 Å². The zero-order valence-electron chi connectivity index (χ0n) is 10.3. The van der Waals surface area contributed by atoms with Gasteiger partial charge < -0.3 is 15.8 Å². The molecule has 0 aliphatic carbocycles. The molecule has 0 fully saturated rings. The Morgan fingerprint density at radius 2 is 2.22 bits per heavy atom. The summed E-state index contributed by atoms with van der Waals surface area (Å²) in [5, 5.41) is 2.62. The molecule has 0 radical (unpaired) electrons. The Morgan fingerprint density at radius 1 is 1.50 bits per heavy atom. The Morgan fingerprint density at radius 3 is 2.78 bits per heavy atom. The topological polar surface area (TPSA) is 81.4 Å². The van der Waals surface area contributed by atoms with Gasteiger partial charge in [-0.1, -0.05) is 6.07 Å². The van der Waals surface area contributed by atoms with Gasteiger partial charge >= 0.3 is 5.97 Å². The number of carbonyl (C=O) groups is 2. The molecule has 0 aliphatic heterocycles. The third-order valence-electron chi connectivity index (χ3n) is 2.27. The van der Waals surface area contributed by atoms with Gasteiger partial charge in [0.2, 0.25) is 0 Å². The number of benzene rings is 1. The van der Waals surface area contributed by atoms with Gasteiger partial charge in [0.1, 0.15) is 6.04 Å². The molecule has 0 saturated heterocycles. The van der Waals surface area contributed by atoms with E-state index in [0.29, 0.717) is 17.0 Å². The van der Waals surface area contributed by atoms with Crippen LogP contribution in [-0.2, 0) is 9.53 Å². The van der Waals surface area contributed by atoms with Crippen molar-refractivity contribution in [2.45, 2.75) is 6.04 Å². The van der Waals surface area contributed by atoms with Crippen molar-refractivity contribution in [3.63, 3.8) is 0 Å². The molecule has 0 bridgehead atoms. The maximum Gasteiger partial charge on any atom is 0.329 e. The van der Waals surface area contributed by atoms with E-state index in [9.17, 15) is 9.59 Å². The molecule has 0 saturated carbocycles. The molecule has 1 aromatic rings. The van der Waals surface area contributed by atoms with E-state index in [-0.39, 0.29) is 5.91 Å². The van der Waals surface area contributed by atoms with Crippen LogP contribution in [0.15, 0.2) is 24.3 Å². The molecule has 1 rings (SSSR count).